The zero-order chi connectivity index (χ0) is 10.7. The lowest BCUT2D eigenvalue weighted by atomic mass is 10.2. The molecule has 0 radical (unpaired) electrons. The highest BCUT2D eigenvalue weighted by atomic mass is 16.3. The van der Waals surface area contributed by atoms with Crippen LogP contribution in [0, 0.1) is 0 Å². The molecule has 0 aliphatic carbocycles. The number of fused-ring (bicyclic) bond motifs is 1. The van der Waals surface area contributed by atoms with Crippen LogP contribution in [0.1, 0.15) is 13.3 Å². The van der Waals surface area contributed by atoms with Gasteiger partial charge in [0.25, 0.3) is 0 Å². The second-order valence-electron chi connectivity index (χ2n) is 3.68. The summed E-state index contributed by atoms with van der Waals surface area (Å²) in [6.07, 6.45) is 4.33. The highest BCUT2D eigenvalue weighted by Crippen LogP contribution is 2.21. The second-order valence-corrected chi connectivity index (χ2v) is 3.68. The fourth-order valence-corrected chi connectivity index (χ4v) is 1.45. The summed E-state index contributed by atoms with van der Waals surface area (Å²) in [6.45, 7) is 2.82. The predicted octanol–water partition coefficient (Wildman–Crippen LogP) is 1.98. The number of furan rings is 1. The van der Waals surface area contributed by atoms with Gasteiger partial charge in [-0.25, -0.2) is 4.98 Å². The Bertz CT molecular complexity index is 436. The largest absolute Gasteiger partial charge is 0.464 e. The number of nitrogens with zero attached hydrogens (tertiary/aromatic N) is 1. The van der Waals surface area contributed by atoms with Crippen LogP contribution in [0.2, 0.25) is 0 Å². The van der Waals surface area contributed by atoms with E-state index in [9.17, 15) is 0 Å². The average molecular weight is 205 g/mol. The molecule has 3 N–H and O–H groups in total. The summed E-state index contributed by atoms with van der Waals surface area (Å²) in [5.74, 6) is 0.863. The zero-order valence-electron chi connectivity index (χ0n) is 8.73. The predicted molar refractivity (Wildman–Crippen MR) is 60.8 cm³/mol. The molecular formula is C11H15N3O. The Morgan fingerprint density at radius 3 is 3.20 bits per heavy atom. The third-order valence-corrected chi connectivity index (χ3v) is 2.27. The molecule has 0 aliphatic heterocycles. The van der Waals surface area contributed by atoms with E-state index in [2.05, 4.69) is 10.3 Å². The highest BCUT2D eigenvalue weighted by Gasteiger charge is 2.03. The van der Waals surface area contributed by atoms with E-state index in [1.807, 2.05) is 19.1 Å². The van der Waals surface area contributed by atoms with Crippen molar-refractivity contribution in [1.82, 2.24) is 4.98 Å². The quantitative estimate of drug-likeness (QED) is 0.801. The van der Waals surface area contributed by atoms with Gasteiger partial charge in [0, 0.05) is 18.8 Å². The second kappa shape index (κ2) is 4.31. The normalized spacial score (nSPS) is 12.9. The molecule has 1 unspecified atom stereocenters. The van der Waals surface area contributed by atoms with Gasteiger partial charge in [-0.05, 0) is 25.5 Å². The van der Waals surface area contributed by atoms with E-state index in [1.54, 1.807) is 12.5 Å². The fourth-order valence-electron chi connectivity index (χ4n) is 1.45. The monoisotopic (exact) mass is 205 g/mol. The zero-order valence-corrected chi connectivity index (χ0v) is 8.73. The summed E-state index contributed by atoms with van der Waals surface area (Å²) in [4.78, 5) is 4.26. The number of nitrogens with two attached hydrogens (primary N) is 1. The van der Waals surface area contributed by atoms with Crippen LogP contribution < -0.4 is 11.1 Å². The van der Waals surface area contributed by atoms with Crippen molar-refractivity contribution in [3.8, 4) is 0 Å². The molecule has 15 heavy (non-hydrogen) atoms. The number of aromatic nitrogens is 1. The lowest BCUT2D eigenvalue weighted by Gasteiger charge is -2.07. The Hall–Kier alpha value is -1.55. The van der Waals surface area contributed by atoms with Crippen molar-refractivity contribution in [2.24, 2.45) is 5.73 Å². The summed E-state index contributed by atoms with van der Waals surface area (Å²) >= 11 is 0. The van der Waals surface area contributed by atoms with Gasteiger partial charge in [0.2, 0.25) is 0 Å². The molecule has 0 aromatic carbocycles. The summed E-state index contributed by atoms with van der Waals surface area (Å²) in [5, 5.41) is 4.27. The molecule has 80 valence electrons. The Kier molecular flexibility index (Phi) is 2.87. The molecule has 2 aromatic heterocycles. The third-order valence-electron chi connectivity index (χ3n) is 2.27. The number of hydrogen-bond donors (Lipinski definition) is 2. The molecule has 4 heteroatoms. The molecule has 0 saturated heterocycles. The minimum atomic E-state index is 0.209. The summed E-state index contributed by atoms with van der Waals surface area (Å²) < 4.78 is 5.28. The van der Waals surface area contributed by atoms with Crippen LogP contribution in [0.25, 0.3) is 11.0 Å². The number of pyridine rings is 1. The highest BCUT2D eigenvalue weighted by molar-refractivity contribution is 5.87. The fraction of sp³-hybridized carbons (Fsp3) is 0.364. The SMILES string of the molecule is CC(N)CCNc1nccc2occc12. The molecule has 0 aliphatic rings. The van der Waals surface area contributed by atoms with Crippen LogP contribution >= 0.6 is 0 Å². The van der Waals surface area contributed by atoms with E-state index in [4.69, 9.17) is 10.2 Å². The topological polar surface area (TPSA) is 64.1 Å². The van der Waals surface area contributed by atoms with Crippen molar-refractivity contribution in [2.75, 3.05) is 11.9 Å². The number of anilines is 1. The van der Waals surface area contributed by atoms with Crippen molar-refractivity contribution in [3.05, 3.63) is 24.6 Å². The molecule has 0 saturated carbocycles. The molecule has 0 amide bonds. The number of nitrogens with one attached hydrogen (secondary N) is 1. The molecule has 2 aromatic rings. The lowest BCUT2D eigenvalue weighted by molar-refractivity contribution is 0.615. The molecule has 1 atom stereocenters. The van der Waals surface area contributed by atoms with Crippen LogP contribution in [-0.2, 0) is 0 Å². The maximum atomic E-state index is 5.67. The van der Waals surface area contributed by atoms with E-state index >= 15 is 0 Å². The minimum Gasteiger partial charge on any atom is -0.464 e. The van der Waals surface area contributed by atoms with Crippen LogP contribution in [0.3, 0.4) is 0 Å². The van der Waals surface area contributed by atoms with E-state index < -0.39 is 0 Å². The Morgan fingerprint density at radius 2 is 2.40 bits per heavy atom. The molecular weight excluding hydrogens is 190 g/mol. The van der Waals surface area contributed by atoms with Crippen molar-refractivity contribution in [1.29, 1.82) is 0 Å². The maximum absolute atomic E-state index is 5.67. The molecule has 2 rings (SSSR count). The van der Waals surface area contributed by atoms with Crippen molar-refractivity contribution >= 4 is 16.8 Å². The van der Waals surface area contributed by atoms with Gasteiger partial charge < -0.3 is 15.5 Å². The van der Waals surface area contributed by atoms with Gasteiger partial charge in [-0.3, -0.25) is 0 Å². The number of rotatable bonds is 4. The summed E-state index contributed by atoms with van der Waals surface area (Å²) in [6, 6.07) is 3.98. The van der Waals surface area contributed by atoms with Crippen molar-refractivity contribution in [2.45, 2.75) is 19.4 Å². The Morgan fingerprint density at radius 1 is 1.53 bits per heavy atom. The molecule has 4 nitrogen and oxygen atoms in total. The molecule has 0 spiro atoms. The van der Waals surface area contributed by atoms with E-state index in [0.29, 0.717) is 0 Å². The van der Waals surface area contributed by atoms with Crippen LogP contribution in [0.15, 0.2) is 29.0 Å². The summed E-state index contributed by atoms with van der Waals surface area (Å²) in [7, 11) is 0. The maximum Gasteiger partial charge on any atom is 0.139 e. The third kappa shape index (κ3) is 2.27. The van der Waals surface area contributed by atoms with E-state index in [-0.39, 0.29) is 6.04 Å². The van der Waals surface area contributed by atoms with E-state index in [1.165, 1.54) is 0 Å². The van der Waals surface area contributed by atoms with Gasteiger partial charge in [-0.2, -0.15) is 0 Å². The first-order valence-corrected chi connectivity index (χ1v) is 5.09. The first-order valence-electron chi connectivity index (χ1n) is 5.09. The van der Waals surface area contributed by atoms with Gasteiger partial charge in [-0.1, -0.05) is 0 Å². The first-order chi connectivity index (χ1) is 7.27. The van der Waals surface area contributed by atoms with Gasteiger partial charge >= 0.3 is 0 Å². The molecule has 0 bridgehead atoms. The lowest BCUT2D eigenvalue weighted by Crippen LogP contribution is -2.19. The standard InChI is InChI=1S/C11H15N3O/c1-8(12)2-5-13-11-9-4-7-15-10(9)3-6-14-11/h3-4,6-8H,2,5,12H2,1H3,(H,13,14). The van der Waals surface area contributed by atoms with Crippen molar-refractivity contribution < 1.29 is 4.42 Å². The van der Waals surface area contributed by atoms with E-state index in [0.717, 1.165) is 29.8 Å². The van der Waals surface area contributed by atoms with Gasteiger partial charge in [0.15, 0.2) is 0 Å². The van der Waals surface area contributed by atoms with Crippen LogP contribution in [0.4, 0.5) is 5.82 Å². The Balaban J connectivity index is 2.10. The smallest absolute Gasteiger partial charge is 0.139 e. The van der Waals surface area contributed by atoms with Gasteiger partial charge in [0.05, 0.1) is 11.6 Å². The summed E-state index contributed by atoms with van der Waals surface area (Å²) in [5.41, 5.74) is 6.53. The van der Waals surface area contributed by atoms with Crippen LogP contribution in [-0.4, -0.2) is 17.6 Å². The average Bonchev–Trinajstić information content (AvgIpc) is 2.65. The minimum absolute atomic E-state index is 0.209. The molecule has 0 fully saturated rings. The number of hydrogen-bond acceptors (Lipinski definition) is 4. The van der Waals surface area contributed by atoms with Crippen molar-refractivity contribution in [3.63, 3.8) is 0 Å². The van der Waals surface area contributed by atoms with Gasteiger partial charge in [0.1, 0.15) is 11.4 Å². The Labute approximate surface area is 88.5 Å². The van der Waals surface area contributed by atoms with Gasteiger partial charge in [-0.15, -0.1) is 0 Å². The first kappa shape index (κ1) is 9.98. The molecule has 2 heterocycles. The van der Waals surface area contributed by atoms with Crippen LogP contribution in [0.5, 0.6) is 0 Å².